The Balaban J connectivity index is 2.49. The minimum atomic E-state index is -4.18. The van der Waals surface area contributed by atoms with Gasteiger partial charge in [-0.1, -0.05) is 0 Å². The van der Waals surface area contributed by atoms with Crippen LogP contribution < -0.4 is 10.5 Å². The summed E-state index contributed by atoms with van der Waals surface area (Å²) in [7, 11) is 0. The van der Waals surface area contributed by atoms with Gasteiger partial charge in [0.2, 0.25) is 0 Å². The van der Waals surface area contributed by atoms with E-state index in [1.807, 2.05) is 0 Å². The van der Waals surface area contributed by atoms with Gasteiger partial charge in [0, 0.05) is 12.6 Å². The summed E-state index contributed by atoms with van der Waals surface area (Å²) in [5.41, 5.74) is 5.39. The summed E-state index contributed by atoms with van der Waals surface area (Å²) in [6, 6.07) is 3.07. The van der Waals surface area contributed by atoms with Gasteiger partial charge in [0.05, 0.1) is 6.61 Å². The Morgan fingerprint density at radius 3 is 2.76 bits per heavy atom. The quantitative estimate of drug-likeness (QED) is 0.475. The number of nitrogen functional groups attached to an aromatic ring is 1. The lowest BCUT2D eigenvalue weighted by atomic mass is 10.3. The highest BCUT2D eigenvalue weighted by atomic mass is 19.4. The Morgan fingerprint density at radius 1 is 1.47 bits per heavy atom. The van der Waals surface area contributed by atoms with E-state index in [4.69, 9.17) is 15.9 Å². The maximum Gasteiger partial charge on any atom is 0.389 e. The molecule has 0 amide bonds. The molecule has 4 nitrogen and oxygen atoms in total. The van der Waals surface area contributed by atoms with Gasteiger partial charge in [-0.25, -0.2) is 4.98 Å². The predicted octanol–water partition coefficient (Wildman–Crippen LogP) is 2.09. The maximum absolute atomic E-state index is 11.9. The summed E-state index contributed by atoms with van der Waals surface area (Å²) in [6.45, 7) is -0.0918. The van der Waals surface area contributed by atoms with Gasteiger partial charge in [-0.05, 0) is 18.6 Å². The minimum Gasteiger partial charge on any atom is -0.491 e. The Hall–Kier alpha value is -1.79. The smallest absolute Gasteiger partial charge is 0.389 e. The highest BCUT2D eigenvalue weighted by Gasteiger charge is 2.26. The van der Waals surface area contributed by atoms with Gasteiger partial charge in [-0.15, -0.1) is 0 Å². The van der Waals surface area contributed by atoms with Gasteiger partial charge < -0.3 is 10.5 Å². The molecule has 0 radical (unpaired) electrons. The van der Waals surface area contributed by atoms with Crippen molar-refractivity contribution < 1.29 is 17.9 Å². The molecule has 0 aromatic carbocycles. The number of pyridine rings is 1. The van der Waals surface area contributed by atoms with E-state index < -0.39 is 12.6 Å². The average Bonchev–Trinajstić information content (AvgIpc) is 2.23. The molecule has 0 aliphatic rings. The van der Waals surface area contributed by atoms with Crippen LogP contribution in [-0.4, -0.2) is 23.6 Å². The van der Waals surface area contributed by atoms with E-state index in [-0.39, 0.29) is 30.3 Å². The number of nitrogens with two attached hydrogens (primary N) is 1. The van der Waals surface area contributed by atoms with Crippen LogP contribution >= 0.6 is 0 Å². The van der Waals surface area contributed by atoms with Gasteiger partial charge in [0.1, 0.15) is 17.3 Å². The zero-order chi connectivity index (χ0) is 12.9. The summed E-state index contributed by atoms with van der Waals surface area (Å²) in [4.78, 5) is 3.81. The fourth-order valence-electron chi connectivity index (χ4n) is 1.16. The van der Waals surface area contributed by atoms with Crippen LogP contribution in [0.1, 0.15) is 18.5 Å². The SMILES string of the molecule is N=C(N)c1ncccc1OCCCC(F)(F)F. The molecule has 1 aromatic rings. The number of alkyl halides is 3. The van der Waals surface area contributed by atoms with Crippen LogP contribution in [0, 0.1) is 5.41 Å². The summed E-state index contributed by atoms with van der Waals surface area (Å²) in [6.07, 6.45) is -3.79. The normalized spacial score (nSPS) is 11.2. The number of ether oxygens (including phenoxy) is 1. The molecule has 0 saturated carbocycles. The molecule has 3 N–H and O–H groups in total. The number of hydrogen-bond donors (Lipinski definition) is 2. The van der Waals surface area contributed by atoms with E-state index >= 15 is 0 Å². The molecular weight excluding hydrogens is 235 g/mol. The Labute approximate surface area is 96.1 Å². The van der Waals surface area contributed by atoms with Gasteiger partial charge >= 0.3 is 6.18 Å². The number of halogens is 3. The molecule has 1 heterocycles. The molecule has 0 saturated heterocycles. The van der Waals surface area contributed by atoms with E-state index in [9.17, 15) is 13.2 Å². The van der Waals surface area contributed by atoms with Gasteiger partial charge in [0.25, 0.3) is 0 Å². The lowest BCUT2D eigenvalue weighted by molar-refractivity contribution is -0.136. The van der Waals surface area contributed by atoms with Crippen LogP contribution in [0.15, 0.2) is 18.3 Å². The van der Waals surface area contributed by atoms with Crippen LogP contribution in [0.4, 0.5) is 13.2 Å². The zero-order valence-electron chi connectivity index (χ0n) is 8.92. The fourth-order valence-corrected chi connectivity index (χ4v) is 1.16. The number of nitrogens with zero attached hydrogens (tertiary/aromatic N) is 1. The largest absolute Gasteiger partial charge is 0.491 e. The molecule has 7 heteroatoms. The van der Waals surface area contributed by atoms with E-state index in [2.05, 4.69) is 4.98 Å². The molecule has 0 aliphatic carbocycles. The van der Waals surface area contributed by atoms with Crippen molar-refractivity contribution in [1.82, 2.24) is 4.98 Å². The monoisotopic (exact) mass is 247 g/mol. The van der Waals surface area contributed by atoms with E-state index in [1.165, 1.54) is 12.3 Å². The van der Waals surface area contributed by atoms with Crippen molar-refractivity contribution in [3.63, 3.8) is 0 Å². The number of hydrogen-bond acceptors (Lipinski definition) is 3. The van der Waals surface area contributed by atoms with Crippen LogP contribution in [0.5, 0.6) is 5.75 Å². The highest BCUT2D eigenvalue weighted by molar-refractivity contribution is 5.95. The van der Waals surface area contributed by atoms with Crippen LogP contribution in [0.25, 0.3) is 0 Å². The molecule has 1 rings (SSSR count). The molecule has 0 atom stereocenters. The fraction of sp³-hybridized carbons (Fsp3) is 0.400. The molecule has 0 spiro atoms. The third kappa shape index (κ3) is 4.71. The lowest BCUT2D eigenvalue weighted by Crippen LogP contribution is -2.16. The molecule has 0 unspecified atom stereocenters. The van der Waals surface area contributed by atoms with Crippen molar-refractivity contribution in [3.05, 3.63) is 24.0 Å². The number of nitrogens with one attached hydrogen (secondary N) is 1. The van der Waals surface area contributed by atoms with Crippen molar-refractivity contribution >= 4 is 5.84 Å². The van der Waals surface area contributed by atoms with Gasteiger partial charge in [-0.2, -0.15) is 13.2 Å². The number of aromatic nitrogens is 1. The second-order valence-corrected chi connectivity index (χ2v) is 3.33. The summed E-state index contributed by atoms with van der Waals surface area (Å²) < 4.78 is 40.7. The van der Waals surface area contributed by atoms with Crippen LogP contribution in [0.3, 0.4) is 0 Å². The van der Waals surface area contributed by atoms with Crippen molar-refractivity contribution in [1.29, 1.82) is 5.41 Å². The van der Waals surface area contributed by atoms with E-state index in [0.29, 0.717) is 0 Å². The van der Waals surface area contributed by atoms with Crippen molar-refractivity contribution in [3.8, 4) is 5.75 Å². The summed E-state index contributed by atoms with van der Waals surface area (Å²) in [5.74, 6) is -0.0569. The predicted molar refractivity (Wildman–Crippen MR) is 56.0 cm³/mol. The topological polar surface area (TPSA) is 72.0 Å². The molecule has 0 bridgehead atoms. The first-order valence-corrected chi connectivity index (χ1v) is 4.89. The lowest BCUT2D eigenvalue weighted by Gasteiger charge is -2.10. The second kappa shape index (κ2) is 5.51. The first-order chi connectivity index (χ1) is 7.90. The zero-order valence-corrected chi connectivity index (χ0v) is 8.92. The Bertz CT molecular complexity index is 393. The van der Waals surface area contributed by atoms with Gasteiger partial charge in [-0.3, -0.25) is 5.41 Å². The first-order valence-electron chi connectivity index (χ1n) is 4.89. The molecule has 0 fully saturated rings. The highest BCUT2D eigenvalue weighted by Crippen LogP contribution is 2.22. The minimum absolute atomic E-state index is 0.0918. The van der Waals surface area contributed by atoms with E-state index in [0.717, 1.165) is 0 Å². The maximum atomic E-state index is 11.9. The third-order valence-corrected chi connectivity index (χ3v) is 1.89. The summed E-state index contributed by atoms with van der Waals surface area (Å²) >= 11 is 0. The third-order valence-electron chi connectivity index (χ3n) is 1.89. The van der Waals surface area contributed by atoms with Crippen molar-refractivity contribution in [2.75, 3.05) is 6.61 Å². The molecule has 0 aliphatic heterocycles. The van der Waals surface area contributed by atoms with Crippen molar-refractivity contribution in [2.45, 2.75) is 19.0 Å². The Morgan fingerprint density at radius 2 is 2.18 bits per heavy atom. The number of amidine groups is 1. The number of rotatable bonds is 5. The second-order valence-electron chi connectivity index (χ2n) is 3.33. The van der Waals surface area contributed by atoms with Crippen LogP contribution in [0.2, 0.25) is 0 Å². The molecule has 94 valence electrons. The first kappa shape index (κ1) is 13.3. The Kier molecular flexibility index (Phi) is 4.30. The van der Waals surface area contributed by atoms with E-state index in [1.54, 1.807) is 6.07 Å². The average molecular weight is 247 g/mol. The van der Waals surface area contributed by atoms with Crippen LogP contribution in [-0.2, 0) is 0 Å². The molecular formula is C10H12F3N3O. The summed E-state index contributed by atoms with van der Waals surface area (Å²) in [5, 5.41) is 7.21. The van der Waals surface area contributed by atoms with Crippen molar-refractivity contribution in [2.24, 2.45) is 5.73 Å². The molecule has 1 aromatic heterocycles. The standard InChI is InChI=1S/C10H12F3N3O/c11-10(12,13)4-2-6-17-7-3-1-5-16-8(7)9(14)15/h1,3,5H,2,4,6H2,(H3,14,15). The molecule has 17 heavy (non-hydrogen) atoms. The van der Waals surface area contributed by atoms with Gasteiger partial charge in [0.15, 0.2) is 0 Å².